The Morgan fingerprint density at radius 3 is 2.48 bits per heavy atom. The maximum absolute atomic E-state index is 6.23. The van der Waals surface area contributed by atoms with Gasteiger partial charge in [0.05, 0.1) is 25.5 Å². The quantitative estimate of drug-likeness (QED) is 0.518. The molecule has 2 aromatic carbocycles. The zero-order valence-corrected chi connectivity index (χ0v) is 18.3. The SMILES string of the molecule is CC[N+]1(C)CNN=C(C)C(Cc2ccc(-c3ccccc3C(N)NC)cc2)=C1C. The van der Waals surface area contributed by atoms with E-state index < -0.39 is 0 Å². The van der Waals surface area contributed by atoms with Gasteiger partial charge in [0.25, 0.3) is 0 Å². The van der Waals surface area contributed by atoms with Crippen molar-refractivity contribution in [2.24, 2.45) is 10.8 Å². The molecule has 0 saturated carbocycles. The molecule has 1 aliphatic rings. The van der Waals surface area contributed by atoms with E-state index in [1.807, 2.05) is 13.1 Å². The Balaban J connectivity index is 1.91. The summed E-state index contributed by atoms with van der Waals surface area (Å²) in [7, 11) is 4.15. The lowest BCUT2D eigenvalue weighted by atomic mass is 9.94. The first-order chi connectivity index (χ1) is 13.9. The van der Waals surface area contributed by atoms with E-state index >= 15 is 0 Å². The van der Waals surface area contributed by atoms with Gasteiger partial charge in [0.2, 0.25) is 0 Å². The standard InChI is InChI=1S/C24H34N5/c1-6-29(5)16-27-28-17(2)23(18(29)3)15-19-11-13-20(14-12-19)21-9-7-8-10-22(21)24(25)26-4/h7-14,24,26-27H,6,15-16,25H2,1-5H3/q+1. The van der Waals surface area contributed by atoms with Crippen LogP contribution < -0.4 is 16.5 Å². The maximum Gasteiger partial charge on any atom is 0.171 e. The molecule has 3 rings (SSSR count). The van der Waals surface area contributed by atoms with Gasteiger partial charge < -0.3 is 11.1 Å². The van der Waals surface area contributed by atoms with E-state index in [2.05, 4.69) is 86.1 Å². The number of quaternary nitrogens is 1. The second-order valence-corrected chi connectivity index (χ2v) is 8.02. The summed E-state index contributed by atoms with van der Waals surface area (Å²) in [6.45, 7) is 8.43. The van der Waals surface area contributed by atoms with Gasteiger partial charge in [-0.05, 0) is 43.1 Å². The highest BCUT2D eigenvalue weighted by atomic mass is 15.5. The molecule has 5 nitrogen and oxygen atoms in total. The fourth-order valence-corrected chi connectivity index (χ4v) is 3.88. The highest BCUT2D eigenvalue weighted by Crippen LogP contribution is 2.28. The Labute approximate surface area is 174 Å². The fraction of sp³-hybridized carbons (Fsp3) is 0.375. The predicted molar refractivity (Wildman–Crippen MR) is 122 cm³/mol. The van der Waals surface area contributed by atoms with Crippen LogP contribution in [0.1, 0.15) is 38.1 Å². The van der Waals surface area contributed by atoms with Crippen molar-refractivity contribution < 1.29 is 4.48 Å². The molecule has 5 heteroatoms. The largest absolute Gasteiger partial charge is 0.312 e. The molecule has 0 radical (unpaired) electrons. The third kappa shape index (κ3) is 4.42. The molecule has 0 aliphatic carbocycles. The summed E-state index contributed by atoms with van der Waals surface area (Å²) in [6.07, 6.45) is 0.704. The van der Waals surface area contributed by atoms with Crippen LogP contribution in [0.25, 0.3) is 11.1 Å². The molecule has 2 atom stereocenters. The summed E-state index contributed by atoms with van der Waals surface area (Å²) in [5.41, 5.74) is 18.0. The van der Waals surface area contributed by atoms with Crippen LogP contribution >= 0.6 is 0 Å². The van der Waals surface area contributed by atoms with Gasteiger partial charge in [-0.25, -0.2) is 0 Å². The molecule has 0 fully saturated rings. The Kier molecular flexibility index (Phi) is 6.52. The lowest BCUT2D eigenvalue weighted by Crippen LogP contribution is -2.46. The van der Waals surface area contributed by atoms with Crippen LogP contribution in [0.3, 0.4) is 0 Å². The molecule has 1 aliphatic heterocycles. The summed E-state index contributed by atoms with van der Waals surface area (Å²) in [6, 6.07) is 17.1. The molecule has 2 aromatic rings. The molecule has 0 saturated heterocycles. The predicted octanol–water partition coefficient (Wildman–Crippen LogP) is 3.75. The van der Waals surface area contributed by atoms with Gasteiger partial charge >= 0.3 is 0 Å². The van der Waals surface area contributed by atoms with Gasteiger partial charge in [-0.15, -0.1) is 0 Å². The Morgan fingerprint density at radius 1 is 1.14 bits per heavy atom. The molecule has 1 heterocycles. The highest BCUT2D eigenvalue weighted by Gasteiger charge is 2.28. The molecule has 0 amide bonds. The van der Waals surface area contributed by atoms with Crippen LogP contribution in [0.2, 0.25) is 0 Å². The minimum absolute atomic E-state index is 0.180. The second-order valence-electron chi connectivity index (χ2n) is 8.02. The van der Waals surface area contributed by atoms with Crippen LogP contribution in [0, 0.1) is 0 Å². The summed E-state index contributed by atoms with van der Waals surface area (Å²) >= 11 is 0. The first-order valence-electron chi connectivity index (χ1n) is 10.3. The Hall–Kier alpha value is -2.47. The number of allylic oxidation sites excluding steroid dienone is 2. The smallest absolute Gasteiger partial charge is 0.171 e. The minimum atomic E-state index is -0.180. The second kappa shape index (κ2) is 8.91. The maximum atomic E-state index is 6.23. The summed E-state index contributed by atoms with van der Waals surface area (Å²) in [5.74, 6) is 0. The highest BCUT2D eigenvalue weighted by molar-refractivity contribution is 5.98. The molecular weight excluding hydrogens is 358 g/mol. The first-order valence-corrected chi connectivity index (χ1v) is 10.3. The van der Waals surface area contributed by atoms with Crippen molar-refractivity contribution in [1.82, 2.24) is 10.7 Å². The Morgan fingerprint density at radius 2 is 1.83 bits per heavy atom. The molecular formula is C24H34N5+. The lowest BCUT2D eigenvalue weighted by molar-refractivity contribution is -0.873. The minimum Gasteiger partial charge on any atom is -0.312 e. The number of rotatable bonds is 6. The van der Waals surface area contributed by atoms with E-state index in [1.165, 1.54) is 28.0 Å². The van der Waals surface area contributed by atoms with Crippen LogP contribution in [-0.2, 0) is 6.42 Å². The molecule has 2 unspecified atom stereocenters. The van der Waals surface area contributed by atoms with E-state index in [1.54, 1.807) is 0 Å². The zero-order valence-electron chi connectivity index (χ0n) is 18.3. The van der Waals surface area contributed by atoms with Gasteiger partial charge in [-0.3, -0.25) is 9.91 Å². The number of nitrogens with one attached hydrogen (secondary N) is 2. The van der Waals surface area contributed by atoms with Gasteiger partial charge in [-0.2, -0.15) is 5.10 Å². The van der Waals surface area contributed by atoms with Gasteiger partial charge in [0, 0.05) is 18.9 Å². The van der Waals surface area contributed by atoms with Crippen molar-refractivity contribution in [3.05, 3.63) is 70.9 Å². The summed E-state index contributed by atoms with van der Waals surface area (Å²) in [4.78, 5) is 0. The average molecular weight is 393 g/mol. The molecule has 29 heavy (non-hydrogen) atoms. The van der Waals surface area contributed by atoms with Crippen molar-refractivity contribution in [2.45, 2.75) is 33.4 Å². The molecule has 4 N–H and O–H groups in total. The van der Waals surface area contributed by atoms with Crippen LogP contribution in [0.15, 0.2) is 64.9 Å². The van der Waals surface area contributed by atoms with E-state index in [-0.39, 0.29) is 6.17 Å². The number of hydrazone groups is 1. The third-order valence-corrected chi connectivity index (χ3v) is 6.30. The molecule has 0 aromatic heterocycles. The third-order valence-electron chi connectivity index (χ3n) is 6.30. The first kappa shape index (κ1) is 21.2. The van der Waals surface area contributed by atoms with Gasteiger partial charge in [0.15, 0.2) is 6.67 Å². The normalized spacial score (nSPS) is 20.7. The lowest BCUT2D eigenvalue weighted by Gasteiger charge is -2.33. The zero-order chi connectivity index (χ0) is 21.0. The van der Waals surface area contributed by atoms with E-state index in [0.717, 1.165) is 35.4 Å². The van der Waals surface area contributed by atoms with E-state index in [4.69, 9.17) is 5.73 Å². The number of nitrogens with two attached hydrogens (primary N) is 1. The van der Waals surface area contributed by atoms with Crippen LogP contribution in [0.4, 0.5) is 0 Å². The number of hydrogen-bond donors (Lipinski definition) is 3. The molecule has 154 valence electrons. The van der Waals surface area contributed by atoms with Crippen LogP contribution in [-0.4, -0.2) is 37.5 Å². The van der Waals surface area contributed by atoms with Crippen molar-refractivity contribution >= 4 is 5.71 Å². The van der Waals surface area contributed by atoms with Gasteiger partial charge in [0.1, 0.15) is 5.70 Å². The van der Waals surface area contributed by atoms with E-state index in [0.29, 0.717) is 0 Å². The Bertz CT molecular complexity index is 913. The monoisotopic (exact) mass is 392 g/mol. The summed E-state index contributed by atoms with van der Waals surface area (Å²) in [5, 5.41) is 7.71. The van der Waals surface area contributed by atoms with Crippen molar-refractivity contribution in [3.63, 3.8) is 0 Å². The average Bonchev–Trinajstić information content (AvgIpc) is 2.86. The molecule has 0 bridgehead atoms. The number of nitrogens with zero attached hydrogens (tertiary/aromatic N) is 2. The van der Waals surface area contributed by atoms with Crippen molar-refractivity contribution in [2.75, 3.05) is 27.3 Å². The number of benzene rings is 2. The van der Waals surface area contributed by atoms with Crippen molar-refractivity contribution in [1.29, 1.82) is 0 Å². The van der Waals surface area contributed by atoms with Gasteiger partial charge in [-0.1, -0.05) is 48.5 Å². The fourth-order valence-electron chi connectivity index (χ4n) is 3.88. The summed E-state index contributed by atoms with van der Waals surface area (Å²) < 4.78 is 0.865. The van der Waals surface area contributed by atoms with Crippen LogP contribution in [0.5, 0.6) is 0 Å². The topological polar surface area (TPSA) is 62.4 Å². The van der Waals surface area contributed by atoms with E-state index in [9.17, 15) is 0 Å². The van der Waals surface area contributed by atoms with Crippen molar-refractivity contribution in [3.8, 4) is 11.1 Å². The number of hydrogen-bond acceptors (Lipinski definition) is 4. The molecule has 0 spiro atoms.